The summed E-state index contributed by atoms with van der Waals surface area (Å²) in [5.41, 5.74) is -0.000493. The van der Waals surface area contributed by atoms with Crippen LogP contribution < -0.4 is 21.1 Å². The van der Waals surface area contributed by atoms with Crippen molar-refractivity contribution in [1.82, 2.24) is 29.7 Å². The Kier molecular flexibility index (Phi) is 6.19. The monoisotopic (exact) mass is 484 g/mol. The van der Waals surface area contributed by atoms with E-state index in [0.29, 0.717) is 5.69 Å². The zero-order valence-corrected chi connectivity index (χ0v) is 20.4. The fraction of sp³-hybridized carbons (Fsp3) is 0.455. The molecule has 35 heavy (non-hydrogen) atoms. The second kappa shape index (κ2) is 8.98. The molecule has 4 bridgehead atoms. The van der Waals surface area contributed by atoms with E-state index >= 15 is 0 Å². The Morgan fingerprint density at radius 1 is 1.29 bits per heavy atom. The van der Waals surface area contributed by atoms with Gasteiger partial charge in [-0.15, -0.1) is 0 Å². The van der Waals surface area contributed by atoms with Gasteiger partial charge in [-0.25, -0.2) is 14.5 Å². The number of hydrogen-bond acceptors (Lipinski definition) is 9. The lowest BCUT2D eigenvalue weighted by Gasteiger charge is -2.25. The van der Waals surface area contributed by atoms with Gasteiger partial charge < -0.3 is 20.1 Å². The van der Waals surface area contributed by atoms with Crippen molar-refractivity contribution < 1.29 is 19.1 Å². The smallest absolute Gasteiger partial charge is 0.415 e. The molecule has 4 heterocycles. The highest BCUT2D eigenvalue weighted by molar-refractivity contribution is 6.00. The number of ether oxygens (including phenoxy) is 2. The molecule has 1 aliphatic heterocycles. The summed E-state index contributed by atoms with van der Waals surface area (Å²) < 4.78 is 13.7. The molecule has 3 aromatic heterocycles. The summed E-state index contributed by atoms with van der Waals surface area (Å²) in [4.78, 5) is 44.3. The number of carbonyl (C=O) groups excluding carboxylic acids is 2. The van der Waals surface area contributed by atoms with Gasteiger partial charge in [0.15, 0.2) is 5.65 Å². The van der Waals surface area contributed by atoms with Crippen LogP contribution in [0.25, 0.3) is 5.65 Å². The molecule has 0 spiro atoms. The number of aromatic nitrogens is 5. The highest BCUT2D eigenvalue weighted by atomic mass is 16.6. The summed E-state index contributed by atoms with van der Waals surface area (Å²) in [6.45, 7) is 7.45. The van der Waals surface area contributed by atoms with Crippen molar-refractivity contribution in [3.63, 3.8) is 0 Å². The first-order valence-corrected chi connectivity index (χ1v) is 11.0. The average molecular weight is 485 g/mol. The van der Waals surface area contributed by atoms with Gasteiger partial charge in [0.2, 0.25) is 0 Å². The molecule has 186 valence electrons. The van der Waals surface area contributed by atoms with Crippen LogP contribution in [0.15, 0.2) is 23.1 Å². The molecule has 4 rings (SSSR count). The second-order valence-corrected chi connectivity index (χ2v) is 9.33. The number of nitrogens with one attached hydrogen (secondary N) is 2. The van der Waals surface area contributed by atoms with E-state index in [-0.39, 0.29) is 53.3 Å². The number of rotatable bonds is 1. The lowest BCUT2D eigenvalue weighted by molar-refractivity contribution is 0.0587. The molecule has 0 unspecified atom stereocenters. The minimum absolute atomic E-state index is 0.140. The summed E-state index contributed by atoms with van der Waals surface area (Å²) >= 11 is 0. The number of carbonyl (C=O) groups is 2. The molecule has 0 saturated carbocycles. The van der Waals surface area contributed by atoms with Crippen molar-refractivity contribution in [2.75, 3.05) is 23.9 Å². The zero-order chi connectivity index (χ0) is 25.5. The summed E-state index contributed by atoms with van der Waals surface area (Å²) in [6.07, 6.45) is 0.747. The van der Waals surface area contributed by atoms with Gasteiger partial charge in [0, 0.05) is 26.2 Å². The van der Waals surface area contributed by atoms with Crippen LogP contribution in [-0.2, 0) is 23.1 Å². The number of hydrogen-bond donors (Lipinski definition) is 2. The number of fused-ring (bicyclic) bond motifs is 3. The second-order valence-electron chi connectivity index (χ2n) is 9.33. The van der Waals surface area contributed by atoms with E-state index in [2.05, 4.69) is 25.8 Å². The Hall–Kier alpha value is -4.00. The fourth-order valence-corrected chi connectivity index (χ4v) is 3.49. The molecule has 1 atom stereocenters. The molecule has 0 aliphatic carbocycles. The number of amides is 2. The standard InChI is InChI=1S/C22H28N8O5/c1-12-10-34-11-13-7-15(20(32)29(6)27-13)25-16-8-17(28(5)21(33)35-22(2,3)4)30-18(26-16)14(9-23-30)19(31)24-12/h7-9,12H,10-11H2,1-6H3,(H,24,31)(H,25,26)/t12-/m1/s1. The van der Waals surface area contributed by atoms with E-state index in [0.717, 1.165) is 0 Å². The quantitative estimate of drug-likeness (QED) is 0.526. The van der Waals surface area contributed by atoms with Gasteiger partial charge in [0.1, 0.15) is 28.5 Å². The Morgan fingerprint density at radius 3 is 2.74 bits per heavy atom. The van der Waals surface area contributed by atoms with Crippen LogP contribution in [0.2, 0.25) is 0 Å². The Morgan fingerprint density at radius 2 is 2.03 bits per heavy atom. The van der Waals surface area contributed by atoms with Gasteiger partial charge in [0.25, 0.3) is 11.5 Å². The Balaban J connectivity index is 1.89. The van der Waals surface area contributed by atoms with Crippen molar-refractivity contribution in [2.24, 2.45) is 7.05 Å². The predicted octanol–water partition coefficient (Wildman–Crippen LogP) is 1.59. The van der Waals surface area contributed by atoms with E-state index in [4.69, 9.17) is 9.47 Å². The van der Waals surface area contributed by atoms with Crippen LogP contribution in [0.5, 0.6) is 0 Å². The summed E-state index contributed by atoms with van der Waals surface area (Å²) in [5, 5.41) is 14.4. The predicted molar refractivity (Wildman–Crippen MR) is 127 cm³/mol. The highest BCUT2D eigenvalue weighted by Crippen LogP contribution is 2.25. The van der Waals surface area contributed by atoms with Gasteiger partial charge in [-0.3, -0.25) is 14.5 Å². The van der Waals surface area contributed by atoms with Gasteiger partial charge in [0.05, 0.1) is 25.1 Å². The minimum Gasteiger partial charge on any atom is -0.443 e. The maximum Gasteiger partial charge on any atom is 0.415 e. The fourth-order valence-electron chi connectivity index (χ4n) is 3.49. The van der Waals surface area contributed by atoms with Crippen molar-refractivity contribution in [3.8, 4) is 0 Å². The van der Waals surface area contributed by atoms with Gasteiger partial charge in [-0.05, 0) is 33.8 Å². The van der Waals surface area contributed by atoms with E-state index in [1.807, 2.05) is 0 Å². The maximum atomic E-state index is 13.0. The molecule has 2 N–H and O–H groups in total. The van der Waals surface area contributed by atoms with E-state index in [1.54, 1.807) is 33.8 Å². The average Bonchev–Trinajstić information content (AvgIpc) is 3.18. The van der Waals surface area contributed by atoms with Gasteiger partial charge >= 0.3 is 6.09 Å². The molecule has 0 aromatic carbocycles. The molecule has 13 heteroatoms. The number of nitrogens with zero attached hydrogens (tertiary/aromatic N) is 6. The van der Waals surface area contributed by atoms with Gasteiger partial charge in [-0.1, -0.05) is 0 Å². The van der Waals surface area contributed by atoms with Crippen LogP contribution in [0, 0.1) is 0 Å². The van der Waals surface area contributed by atoms with Crippen molar-refractivity contribution in [1.29, 1.82) is 0 Å². The first-order valence-electron chi connectivity index (χ1n) is 11.0. The summed E-state index contributed by atoms with van der Waals surface area (Å²) in [5.74, 6) is 0.0920. The third kappa shape index (κ3) is 5.09. The van der Waals surface area contributed by atoms with E-state index < -0.39 is 17.6 Å². The molecule has 0 radical (unpaired) electrons. The zero-order valence-electron chi connectivity index (χ0n) is 20.4. The molecular formula is C22H28N8O5. The molecule has 0 saturated heterocycles. The molecule has 2 amide bonds. The van der Waals surface area contributed by atoms with Crippen LogP contribution in [0.3, 0.4) is 0 Å². The van der Waals surface area contributed by atoms with Crippen LogP contribution in [-0.4, -0.2) is 61.7 Å². The van der Waals surface area contributed by atoms with Crippen molar-refractivity contribution in [2.45, 2.75) is 45.9 Å². The normalized spacial score (nSPS) is 16.4. The number of aryl methyl sites for hydroxylation is 1. The van der Waals surface area contributed by atoms with Crippen molar-refractivity contribution >= 4 is 35.0 Å². The molecule has 3 aromatic rings. The third-order valence-electron chi connectivity index (χ3n) is 5.08. The Bertz CT molecular complexity index is 1360. The number of anilines is 3. The maximum absolute atomic E-state index is 13.0. The van der Waals surface area contributed by atoms with E-state index in [1.165, 1.54) is 40.5 Å². The van der Waals surface area contributed by atoms with Crippen molar-refractivity contribution in [3.05, 3.63) is 39.9 Å². The lowest BCUT2D eigenvalue weighted by Crippen LogP contribution is -2.36. The summed E-state index contributed by atoms with van der Waals surface area (Å²) in [7, 11) is 3.06. The largest absolute Gasteiger partial charge is 0.443 e. The highest BCUT2D eigenvalue weighted by Gasteiger charge is 2.26. The SMILES string of the molecule is C[C@@H]1COCc2cc(c(=O)n(C)n2)Nc2cc(N(C)C(=O)OC(C)(C)C)n3ncc(c3n2)C(=O)N1. The first-order chi connectivity index (χ1) is 16.4. The topological polar surface area (TPSA) is 145 Å². The van der Waals surface area contributed by atoms with Crippen LogP contribution in [0.1, 0.15) is 43.7 Å². The Labute approximate surface area is 201 Å². The first kappa shape index (κ1) is 24.1. The molecule has 1 aliphatic rings. The lowest BCUT2D eigenvalue weighted by atomic mass is 10.2. The third-order valence-corrected chi connectivity index (χ3v) is 5.08. The van der Waals surface area contributed by atoms with Crippen LogP contribution >= 0.6 is 0 Å². The van der Waals surface area contributed by atoms with Gasteiger partial charge in [-0.2, -0.15) is 14.7 Å². The molecular weight excluding hydrogens is 456 g/mol. The minimum atomic E-state index is -0.723. The summed E-state index contributed by atoms with van der Waals surface area (Å²) in [6, 6.07) is 2.80. The van der Waals surface area contributed by atoms with E-state index in [9.17, 15) is 14.4 Å². The molecule has 13 nitrogen and oxygen atoms in total. The molecule has 0 fully saturated rings. The van der Waals surface area contributed by atoms with Crippen LogP contribution in [0.4, 0.5) is 22.1 Å².